The van der Waals surface area contributed by atoms with Crippen molar-refractivity contribution < 1.29 is 22.3 Å². The lowest BCUT2D eigenvalue weighted by molar-refractivity contribution is -0.143. The van der Waals surface area contributed by atoms with Crippen LogP contribution in [0.5, 0.6) is 0 Å². The summed E-state index contributed by atoms with van der Waals surface area (Å²) in [5.74, 6) is -1.35. The van der Waals surface area contributed by atoms with Crippen molar-refractivity contribution in [2.75, 3.05) is 20.2 Å². The molecule has 0 N–H and O–H groups in total. The van der Waals surface area contributed by atoms with Gasteiger partial charge in [0, 0.05) is 7.05 Å². The van der Waals surface area contributed by atoms with Crippen LogP contribution in [0.2, 0.25) is 0 Å². The summed E-state index contributed by atoms with van der Waals surface area (Å²) in [4.78, 5) is 11.0. The Kier molecular flexibility index (Phi) is 5.45. The lowest BCUT2D eigenvalue weighted by Gasteiger charge is -2.16. The van der Waals surface area contributed by atoms with Gasteiger partial charge in [-0.1, -0.05) is 0 Å². The number of sulfonamides is 1. The van der Waals surface area contributed by atoms with Crippen LogP contribution in [-0.4, -0.2) is 38.9 Å². The molecule has 19 heavy (non-hydrogen) atoms. The van der Waals surface area contributed by atoms with Crippen LogP contribution in [0, 0.1) is 5.82 Å². The molecule has 0 aliphatic rings. The highest BCUT2D eigenvalue weighted by molar-refractivity contribution is 9.10. The van der Waals surface area contributed by atoms with Gasteiger partial charge in [-0.3, -0.25) is 4.79 Å². The van der Waals surface area contributed by atoms with Crippen molar-refractivity contribution >= 4 is 31.9 Å². The van der Waals surface area contributed by atoms with Crippen LogP contribution in [0.4, 0.5) is 4.39 Å². The molecular weight excluding hydrogens is 341 g/mol. The van der Waals surface area contributed by atoms with Gasteiger partial charge in [0.15, 0.2) is 0 Å². The summed E-state index contributed by atoms with van der Waals surface area (Å²) in [6.45, 7) is 1.37. The summed E-state index contributed by atoms with van der Waals surface area (Å²) in [5.41, 5.74) is 0. The molecule has 106 valence electrons. The van der Waals surface area contributed by atoms with Crippen molar-refractivity contribution in [1.29, 1.82) is 0 Å². The number of carbonyl (C=O) groups is 1. The molecule has 0 aliphatic heterocycles. The van der Waals surface area contributed by atoms with E-state index in [1.54, 1.807) is 6.92 Å². The molecule has 0 bridgehead atoms. The van der Waals surface area contributed by atoms with E-state index in [0.29, 0.717) is 0 Å². The van der Waals surface area contributed by atoms with E-state index in [1.165, 1.54) is 19.2 Å². The van der Waals surface area contributed by atoms with Crippen LogP contribution in [0.25, 0.3) is 0 Å². The number of nitrogens with zero attached hydrogens (tertiary/aromatic N) is 1. The van der Waals surface area contributed by atoms with Crippen molar-refractivity contribution in [2.45, 2.75) is 11.8 Å². The summed E-state index contributed by atoms with van der Waals surface area (Å²) in [7, 11) is -2.69. The van der Waals surface area contributed by atoms with Gasteiger partial charge < -0.3 is 4.74 Å². The van der Waals surface area contributed by atoms with Gasteiger partial charge in [0.2, 0.25) is 10.0 Å². The minimum atomic E-state index is -3.92. The Labute approximate surface area is 119 Å². The Morgan fingerprint density at radius 3 is 2.63 bits per heavy atom. The first-order chi connectivity index (χ1) is 8.78. The maximum atomic E-state index is 13.3. The van der Waals surface area contributed by atoms with E-state index in [1.807, 2.05) is 0 Å². The average molecular weight is 354 g/mol. The first-order valence-corrected chi connectivity index (χ1v) is 7.59. The fraction of sp³-hybridized carbons (Fsp3) is 0.364. The zero-order chi connectivity index (χ0) is 14.6. The molecule has 0 amide bonds. The third-order valence-corrected chi connectivity index (χ3v) is 4.70. The number of ether oxygens (including phenoxy) is 1. The Morgan fingerprint density at radius 2 is 2.11 bits per heavy atom. The molecule has 0 heterocycles. The highest BCUT2D eigenvalue weighted by Gasteiger charge is 2.24. The molecule has 0 aliphatic carbocycles. The van der Waals surface area contributed by atoms with E-state index >= 15 is 0 Å². The molecule has 0 fully saturated rings. The number of hydrogen-bond acceptors (Lipinski definition) is 4. The van der Waals surface area contributed by atoms with E-state index in [2.05, 4.69) is 20.7 Å². The van der Waals surface area contributed by atoms with Crippen LogP contribution in [0.1, 0.15) is 6.92 Å². The standard InChI is InChI=1S/C11H13BrFNO4S/c1-3-18-11(15)7-14(2)19(16,17)8-4-5-9(12)10(13)6-8/h4-6H,3,7H2,1-2H3. The van der Waals surface area contributed by atoms with Crippen LogP contribution in [0.3, 0.4) is 0 Å². The topological polar surface area (TPSA) is 63.7 Å². The summed E-state index contributed by atoms with van der Waals surface area (Å²) in [5, 5.41) is 0. The minimum Gasteiger partial charge on any atom is -0.465 e. The molecular formula is C11H13BrFNO4S. The SMILES string of the molecule is CCOC(=O)CN(C)S(=O)(=O)c1ccc(Br)c(F)c1. The third kappa shape index (κ3) is 3.99. The number of hydrogen-bond donors (Lipinski definition) is 0. The molecule has 0 radical (unpaired) electrons. The zero-order valence-corrected chi connectivity index (χ0v) is 12.8. The molecule has 0 aromatic heterocycles. The van der Waals surface area contributed by atoms with E-state index in [4.69, 9.17) is 0 Å². The fourth-order valence-electron chi connectivity index (χ4n) is 1.29. The molecule has 1 aromatic rings. The van der Waals surface area contributed by atoms with E-state index in [-0.39, 0.29) is 16.0 Å². The Bertz CT molecular complexity index is 576. The average Bonchev–Trinajstić information content (AvgIpc) is 2.32. The second-order valence-corrected chi connectivity index (χ2v) is 6.54. The number of esters is 1. The maximum absolute atomic E-state index is 13.3. The van der Waals surface area contributed by atoms with E-state index in [0.717, 1.165) is 10.4 Å². The predicted molar refractivity (Wildman–Crippen MR) is 70.5 cm³/mol. The Morgan fingerprint density at radius 1 is 1.47 bits per heavy atom. The van der Waals surface area contributed by atoms with Crippen molar-refractivity contribution in [3.8, 4) is 0 Å². The van der Waals surface area contributed by atoms with Gasteiger partial charge in [-0.2, -0.15) is 4.31 Å². The minimum absolute atomic E-state index is 0.166. The van der Waals surface area contributed by atoms with Crippen LogP contribution >= 0.6 is 15.9 Å². The van der Waals surface area contributed by atoms with Crippen LogP contribution < -0.4 is 0 Å². The Balaban J connectivity index is 2.96. The van der Waals surface area contributed by atoms with Gasteiger partial charge in [-0.25, -0.2) is 12.8 Å². The quantitative estimate of drug-likeness (QED) is 0.756. The third-order valence-electron chi connectivity index (χ3n) is 2.26. The summed E-state index contributed by atoms with van der Waals surface area (Å²) >= 11 is 2.94. The summed E-state index contributed by atoms with van der Waals surface area (Å²) in [6, 6.07) is 3.44. The largest absolute Gasteiger partial charge is 0.465 e. The van der Waals surface area contributed by atoms with Crippen molar-refractivity contribution in [1.82, 2.24) is 4.31 Å². The van der Waals surface area contributed by atoms with Gasteiger partial charge in [0.1, 0.15) is 12.4 Å². The van der Waals surface area contributed by atoms with Gasteiger partial charge in [-0.15, -0.1) is 0 Å². The number of benzene rings is 1. The first-order valence-electron chi connectivity index (χ1n) is 5.36. The smallest absolute Gasteiger partial charge is 0.321 e. The van der Waals surface area contributed by atoms with Crippen LogP contribution in [-0.2, 0) is 19.6 Å². The predicted octanol–water partition coefficient (Wildman–Crippen LogP) is 1.77. The van der Waals surface area contributed by atoms with Gasteiger partial charge in [0.25, 0.3) is 0 Å². The number of carbonyl (C=O) groups excluding carboxylic acids is 1. The molecule has 0 saturated heterocycles. The monoisotopic (exact) mass is 353 g/mol. The highest BCUT2D eigenvalue weighted by Crippen LogP contribution is 2.21. The maximum Gasteiger partial charge on any atom is 0.321 e. The summed E-state index contributed by atoms with van der Waals surface area (Å²) < 4.78 is 43.1. The van der Waals surface area contributed by atoms with Crippen molar-refractivity contribution in [2.24, 2.45) is 0 Å². The van der Waals surface area contributed by atoms with E-state index < -0.39 is 28.4 Å². The molecule has 1 aromatic carbocycles. The highest BCUT2D eigenvalue weighted by atomic mass is 79.9. The normalized spacial score (nSPS) is 11.6. The lowest BCUT2D eigenvalue weighted by Crippen LogP contribution is -2.33. The van der Waals surface area contributed by atoms with Gasteiger partial charge in [0.05, 0.1) is 16.0 Å². The zero-order valence-electron chi connectivity index (χ0n) is 10.4. The molecule has 5 nitrogen and oxygen atoms in total. The number of rotatable bonds is 5. The van der Waals surface area contributed by atoms with Crippen molar-refractivity contribution in [3.05, 3.63) is 28.5 Å². The molecule has 1 rings (SSSR count). The van der Waals surface area contributed by atoms with Crippen molar-refractivity contribution in [3.63, 3.8) is 0 Å². The van der Waals surface area contributed by atoms with Gasteiger partial charge >= 0.3 is 5.97 Å². The van der Waals surface area contributed by atoms with Crippen LogP contribution in [0.15, 0.2) is 27.6 Å². The first kappa shape index (κ1) is 16.1. The van der Waals surface area contributed by atoms with E-state index in [9.17, 15) is 17.6 Å². The Hall–Kier alpha value is -0.990. The molecule has 0 saturated carbocycles. The molecule has 0 unspecified atom stereocenters. The molecule has 0 spiro atoms. The fourth-order valence-corrected chi connectivity index (χ4v) is 2.66. The second-order valence-electron chi connectivity index (χ2n) is 3.64. The molecule has 0 atom stereocenters. The second kappa shape index (κ2) is 6.44. The summed E-state index contributed by atoms with van der Waals surface area (Å²) in [6.07, 6.45) is 0. The number of halogens is 2. The number of likely N-dealkylation sites (N-methyl/N-ethyl adjacent to an activating group) is 1. The molecule has 8 heteroatoms. The van der Waals surface area contributed by atoms with Gasteiger partial charge in [-0.05, 0) is 41.1 Å². The lowest BCUT2D eigenvalue weighted by atomic mass is 10.3.